The van der Waals surface area contributed by atoms with Gasteiger partial charge in [-0.05, 0) is 34.9 Å². The van der Waals surface area contributed by atoms with Crippen molar-refractivity contribution in [3.63, 3.8) is 0 Å². The van der Waals surface area contributed by atoms with Gasteiger partial charge in [-0.1, -0.05) is 18.5 Å². The molecule has 0 radical (unpaired) electrons. The minimum Gasteiger partial charge on any atom is -0.369 e. The highest BCUT2D eigenvalue weighted by atomic mass is 35.5. The van der Waals surface area contributed by atoms with Crippen LogP contribution in [0.5, 0.6) is 0 Å². The van der Waals surface area contributed by atoms with E-state index in [-0.39, 0.29) is 5.91 Å². The molecule has 0 aromatic carbocycles. The Kier molecular flexibility index (Phi) is 5.59. The van der Waals surface area contributed by atoms with Gasteiger partial charge in [0.25, 0.3) is 5.91 Å². The Labute approximate surface area is 133 Å². The molecular formula is C15H18ClN3OS. The Morgan fingerprint density at radius 2 is 2.33 bits per heavy atom. The molecule has 0 fully saturated rings. The van der Waals surface area contributed by atoms with Crippen LogP contribution in [0.4, 0.5) is 5.82 Å². The maximum Gasteiger partial charge on any atom is 0.255 e. The van der Waals surface area contributed by atoms with E-state index >= 15 is 0 Å². The maximum atomic E-state index is 12.4. The Bertz CT molecular complexity index is 601. The number of hydrogen-bond acceptors (Lipinski definition) is 4. The van der Waals surface area contributed by atoms with Gasteiger partial charge >= 0.3 is 0 Å². The van der Waals surface area contributed by atoms with E-state index in [1.54, 1.807) is 35.5 Å². The minimum atomic E-state index is -0.0855. The van der Waals surface area contributed by atoms with E-state index in [1.807, 2.05) is 16.8 Å². The molecule has 2 aromatic rings. The van der Waals surface area contributed by atoms with Crippen molar-refractivity contribution in [3.8, 4) is 0 Å². The predicted molar refractivity (Wildman–Crippen MR) is 88.1 cm³/mol. The second-order valence-electron chi connectivity index (χ2n) is 4.77. The lowest BCUT2D eigenvalue weighted by Crippen LogP contribution is -2.26. The number of anilines is 1. The molecule has 0 aliphatic heterocycles. The van der Waals surface area contributed by atoms with Crippen molar-refractivity contribution in [1.82, 2.24) is 9.88 Å². The molecule has 0 aliphatic rings. The largest absolute Gasteiger partial charge is 0.369 e. The third kappa shape index (κ3) is 4.19. The number of thiophene rings is 1. The maximum absolute atomic E-state index is 12.4. The normalized spacial score (nSPS) is 10.4. The van der Waals surface area contributed by atoms with Crippen LogP contribution in [0.25, 0.3) is 0 Å². The van der Waals surface area contributed by atoms with Crippen LogP contribution in [0.15, 0.2) is 29.1 Å². The highest BCUT2D eigenvalue weighted by molar-refractivity contribution is 7.07. The summed E-state index contributed by atoms with van der Waals surface area (Å²) in [6, 6.07) is 3.68. The monoisotopic (exact) mass is 323 g/mol. The van der Waals surface area contributed by atoms with Crippen molar-refractivity contribution >= 4 is 34.7 Å². The highest BCUT2D eigenvalue weighted by Crippen LogP contribution is 2.21. The van der Waals surface area contributed by atoms with E-state index in [4.69, 9.17) is 11.6 Å². The van der Waals surface area contributed by atoms with Gasteiger partial charge < -0.3 is 10.2 Å². The number of carbonyl (C=O) groups excluding carboxylic acids is 1. The molecule has 0 spiro atoms. The third-order valence-electron chi connectivity index (χ3n) is 2.98. The standard InChI is InChI=1S/C15H18ClN3OS/c1-3-5-17-14-13(16)7-12(8-18-14)15(20)19(2)9-11-4-6-21-10-11/h4,6-8,10H,3,5,9H2,1-2H3,(H,17,18). The fourth-order valence-electron chi connectivity index (χ4n) is 1.88. The number of nitrogens with one attached hydrogen (secondary N) is 1. The predicted octanol–water partition coefficient (Wildman–Crippen LogP) is 3.89. The first kappa shape index (κ1) is 15.8. The molecule has 0 atom stereocenters. The van der Waals surface area contributed by atoms with Crippen molar-refractivity contribution < 1.29 is 4.79 Å². The van der Waals surface area contributed by atoms with Crippen molar-refractivity contribution in [3.05, 3.63) is 45.2 Å². The third-order valence-corrected chi connectivity index (χ3v) is 4.00. The highest BCUT2D eigenvalue weighted by Gasteiger charge is 2.14. The molecule has 2 heterocycles. The zero-order chi connectivity index (χ0) is 15.2. The average molecular weight is 324 g/mol. The fourth-order valence-corrected chi connectivity index (χ4v) is 2.77. The van der Waals surface area contributed by atoms with Crippen molar-refractivity contribution in [1.29, 1.82) is 0 Å². The van der Waals surface area contributed by atoms with Gasteiger partial charge in [-0.2, -0.15) is 11.3 Å². The second-order valence-corrected chi connectivity index (χ2v) is 5.96. The van der Waals surface area contributed by atoms with Crippen LogP contribution < -0.4 is 5.32 Å². The van der Waals surface area contributed by atoms with Gasteiger partial charge in [-0.25, -0.2) is 4.98 Å². The van der Waals surface area contributed by atoms with Crippen molar-refractivity contribution in [2.24, 2.45) is 0 Å². The van der Waals surface area contributed by atoms with Crippen molar-refractivity contribution in [2.45, 2.75) is 19.9 Å². The van der Waals surface area contributed by atoms with Crippen LogP contribution in [-0.4, -0.2) is 29.4 Å². The van der Waals surface area contributed by atoms with Crippen LogP contribution in [0.3, 0.4) is 0 Å². The smallest absolute Gasteiger partial charge is 0.255 e. The molecule has 0 aliphatic carbocycles. The van der Waals surface area contributed by atoms with E-state index < -0.39 is 0 Å². The van der Waals surface area contributed by atoms with E-state index in [0.717, 1.165) is 18.5 Å². The molecule has 4 nitrogen and oxygen atoms in total. The Balaban J connectivity index is 2.06. The number of aromatic nitrogens is 1. The van der Waals surface area contributed by atoms with E-state index in [1.165, 1.54) is 0 Å². The van der Waals surface area contributed by atoms with Gasteiger partial charge in [0.05, 0.1) is 10.6 Å². The lowest BCUT2D eigenvalue weighted by molar-refractivity contribution is 0.0785. The number of rotatable bonds is 6. The summed E-state index contributed by atoms with van der Waals surface area (Å²) in [5, 5.41) is 7.63. The zero-order valence-electron chi connectivity index (χ0n) is 12.1. The van der Waals surface area contributed by atoms with Gasteiger partial charge in [0.1, 0.15) is 5.82 Å². The molecule has 0 saturated carbocycles. The fraction of sp³-hybridized carbons (Fsp3) is 0.333. The molecule has 1 N–H and O–H groups in total. The summed E-state index contributed by atoms with van der Waals surface area (Å²) in [5.74, 6) is 0.535. The first-order valence-electron chi connectivity index (χ1n) is 6.77. The summed E-state index contributed by atoms with van der Waals surface area (Å²) in [6.07, 6.45) is 2.55. The summed E-state index contributed by atoms with van der Waals surface area (Å²) < 4.78 is 0. The van der Waals surface area contributed by atoms with E-state index in [2.05, 4.69) is 17.2 Å². The van der Waals surface area contributed by atoms with Gasteiger partial charge in [0.2, 0.25) is 0 Å². The average Bonchev–Trinajstić information content (AvgIpc) is 2.98. The molecule has 1 amide bonds. The Morgan fingerprint density at radius 1 is 1.52 bits per heavy atom. The second kappa shape index (κ2) is 7.43. The number of carbonyl (C=O) groups is 1. The molecule has 2 rings (SSSR count). The van der Waals surface area contributed by atoms with Crippen LogP contribution in [0, 0.1) is 0 Å². The molecule has 0 saturated heterocycles. The van der Waals surface area contributed by atoms with Crippen LogP contribution in [0.2, 0.25) is 5.02 Å². The number of hydrogen-bond donors (Lipinski definition) is 1. The topological polar surface area (TPSA) is 45.2 Å². The number of amides is 1. The van der Waals surface area contributed by atoms with Crippen molar-refractivity contribution in [2.75, 3.05) is 18.9 Å². The summed E-state index contributed by atoms with van der Waals surface area (Å²) in [6.45, 7) is 3.45. The minimum absolute atomic E-state index is 0.0855. The Morgan fingerprint density at radius 3 is 2.95 bits per heavy atom. The molecule has 0 unspecified atom stereocenters. The summed E-state index contributed by atoms with van der Waals surface area (Å²) in [7, 11) is 1.77. The van der Waals surface area contributed by atoms with E-state index in [9.17, 15) is 4.79 Å². The number of nitrogens with zero attached hydrogens (tertiary/aromatic N) is 2. The number of pyridine rings is 1. The van der Waals surface area contributed by atoms with Gasteiger partial charge in [0, 0.05) is 26.3 Å². The van der Waals surface area contributed by atoms with Crippen LogP contribution in [0.1, 0.15) is 29.3 Å². The van der Waals surface area contributed by atoms with E-state index in [0.29, 0.717) is 22.9 Å². The van der Waals surface area contributed by atoms with Gasteiger partial charge in [-0.15, -0.1) is 0 Å². The molecular weight excluding hydrogens is 306 g/mol. The summed E-state index contributed by atoms with van der Waals surface area (Å²) >= 11 is 7.78. The van der Waals surface area contributed by atoms with Crippen LogP contribution in [-0.2, 0) is 6.54 Å². The first-order chi connectivity index (χ1) is 10.1. The zero-order valence-corrected chi connectivity index (χ0v) is 13.7. The van der Waals surface area contributed by atoms with Crippen LogP contribution >= 0.6 is 22.9 Å². The quantitative estimate of drug-likeness (QED) is 0.877. The summed E-state index contributed by atoms with van der Waals surface area (Å²) in [5.41, 5.74) is 1.62. The molecule has 21 heavy (non-hydrogen) atoms. The molecule has 6 heteroatoms. The molecule has 2 aromatic heterocycles. The Hall–Kier alpha value is -1.59. The van der Waals surface area contributed by atoms with Gasteiger partial charge in [-0.3, -0.25) is 4.79 Å². The first-order valence-corrected chi connectivity index (χ1v) is 8.10. The lowest BCUT2D eigenvalue weighted by atomic mass is 10.2. The lowest BCUT2D eigenvalue weighted by Gasteiger charge is -2.17. The molecule has 0 bridgehead atoms. The van der Waals surface area contributed by atoms with Gasteiger partial charge in [0.15, 0.2) is 0 Å². The molecule has 112 valence electrons. The number of halogens is 1. The SMILES string of the molecule is CCCNc1ncc(C(=O)N(C)Cc2ccsc2)cc1Cl. The summed E-state index contributed by atoms with van der Waals surface area (Å²) in [4.78, 5) is 18.2.